The van der Waals surface area contributed by atoms with E-state index in [0.29, 0.717) is 38.2 Å². The molecule has 1 aliphatic rings. The number of carbonyl (C=O) groups excluding carboxylic acids is 1. The average Bonchev–Trinajstić information content (AvgIpc) is 3.20. The van der Waals surface area contributed by atoms with Crippen molar-refractivity contribution in [1.29, 1.82) is 0 Å². The third-order valence-electron chi connectivity index (χ3n) is 5.30. The van der Waals surface area contributed by atoms with Gasteiger partial charge in [-0.3, -0.25) is 4.79 Å². The molecule has 1 aromatic heterocycles. The van der Waals surface area contributed by atoms with E-state index >= 15 is 0 Å². The Morgan fingerprint density at radius 1 is 1.41 bits per heavy atom. The van der Waals surface area contributed by atoms with Crippen molar-refractivity contribution in [3.63, 3.8) is 0 Å². The van der Waals surface area contributed by atoms with E-state index in [2.05, 4.69) is 5.16 Å². The molecule has 3 rings (SSSR count). The molecule has 1 fully saturated rings. The molecule has 1 aliphatic heterocycles. The number of carbonyl (C=O) groups is 1. The van der Waals surface area contributed by atoms with E-state index in [9.17, 15) is 15.0 Å². The van der Waals surface area contributed by atoms with Gasteiger partial charge in [0.25, 0.3) is 5.91 Å². The van der Waals surface area contributed by atoms with Gasteiger partial charge in [0.1, 0.15) is 0 Å². The van der Waals surface area contributed by atoms with Crippen LogP contribution in [-0.2, 0) is 4.74 Å². The molecule has 1 amide bonds. The van der Waals surface area contributed by atoms with Crippen LogP contribution in [0.25, 0.3) is 11.3 Å². The summed E-state index contributed by atoms with van der Waals surface area (Å²) in [6.45, 7) is 1.06. The summed E-state index contributed by atoms with van der Waals surface area (Å²) in [5, 5.41) is 24.4. The van der Waals surface area contributed by atoms with Crippen molar-refractivity contribution in [2.75, 3.05) is 33.4 Å². The van der Waals surface area contributed by atoms with E-state index in [1.807, 2.05) is 30.3 Å². The number of ether oxygens (including phenoxy) is 1. The van der Waals surface area contributed by atoms with Gasteiger partial charge in [-0.2, -0.15) is 0 Å². The molecule has 0 unspecified atom stereocenters. The summed E-state index contributed by atoms with van der Waals surface area (Å²) in [7, 11) is 1.62. The lowest BCUT2D eigenvalue weighted by atomic mass is 9.74. The molecule has 0 bridgehead atoms. The van der Waals surface area contributed by atoms with Crippen LogP contribution in [0.1, 0.15) is 29.8 Å². The highest BCUT2D eigenvalue weighted by Crippen LogP contribution is 2.35. The number of rotatable bonds is 7. The van der Waals surface area contributed by atoms with Crippen molar-refractivity contribution in [3.05, 3.63) is 42.1 Å². The van der Waals surface area contributed by atoms with Crippen LogP contribution >= 0.6 is 0 Å². The Bertz CT molecular complexity index is 748. The highest BCUT2D eigenvalue weighted by molar-refractivity contribution is 5.93. The molecular weight excluding hydrogens is 348 g/mol. The quantitative estimate of drug-likeness (QED) is 0.719. The number of aromatic nitrogens is 1. The minimum absolute atomic E-state index is 0.185. The number of nitrogens with zero attached hydrogens (tertiary/aromatic N) is 2. The van der Waals surface area contributed by atoms with Crippen molar-refractivity contribution in [1.82, 2.24) is 10.1 Å². The first-order valence-electron chi connectivity index (χ1n) is 9.19. The van der Waals surface area contributed by atoms with Gasteiger partial charge < -0.3 is 24.4 Å². The van der Waals surface area contributed by atoms with E-state index in [1.54, 1.807) is 18.1 Å². The molecule has 7 nitrogen and oxygen atoms in total. The number of hydrogen-bond donors (Lipinski definition) is 2. The highest BCUT2D eigenvalue weighted by Gasteiger charge is 2.43. The molecule has 27 heavy (non-hydrogen) atoms. The van der Waals surface area contributed by atoms with E-state index < -0.39 is 11.5 Å². The number of amides is 1. The Labute approximate surface area is 158 Å². The van der Waals surface area contributed by atoms with E-state index in [0.717, 1.165) is 5.56 Å². The van der Waals surface area contributed by atoms with Crippen LogP contribution in [0.2, 0.25) is 0 Å². The van der Waals surface area contributed by atoms with Gasteiger partial charge in [0, 0.05) is 43.9 Å². The van der Waals surface area contributed by atoms with Crippen molar-refractivity contribution in [3.8, 4) is 11.3 Å². The Hall–Kier alpha value is -2.22. The fraction of sp³-hybridized carbons (Fsp3) is 0.500. The first kappa shape index (κ1) is 19.5. The van der Waals surface area contributed by atoms with Crippen molar-refractivity contribution in [2.45, 2.75) is 25.4 Å². The number of piperidine rings is 1. The van der Waals surface area contributed by atoms with Gasteiger partial charge in [-0.1, -0.05) is 35.5 Å². The maximum atomic E-state index is 12.9. The van der Waals surface area contributed by atoms with Crippen LogP contribution in [0.5, 0.6) is 0 Å². The third kappa shape index (κ3) is 4.21. The van der Waals surface area contributed by atoms with Crippen LogP contribution < -0.4 is 0 Å². The molecule has 2 heterocycles. The molecule has 0 saturated carbocycles. The first-order chi connectivity index (χ1) is 13.1. The molecule has 2 aromatic rings. The van der Waals surface area contributed by atoms with Crippen LogP contribution in [0.4, 0.5) is 0 Å². The minimum atomic E-state index is -0.738. The number of benzene rings is 1. The molecule has 7 heteroatoms. The zero-order valence-corrected chi connectivity index (χ0v) is 15.5. The molecule has 0 spiro atoms. The SMILES string of the molecule is COCCC[C@@]1(CO)CN(C(=O)c2cc(-c3ccccc3)on2)CC[C@H]1O. The molecular formula is C20H26N2O5. The number of aliphatic hydroxyl groups excluding tert-OH is 2. The largest absolute Gasteiger partial charge is 0.396 e. The van der Waals surface area contributed by atoms with Crippen LogP contribution in [0, 0.1) is 5.41 Å². The molecule has 0 aliphatic carbocycles. The maximum absolute atomic E-state index is 12.9. The van der Waals surface area contributed by atoms with Gasteiger partial charge in [0.2, 0.25) is 0 Å². The van der Waals surface area contributed by atoms with E-state index in [-0.39, 0.29) is 24.8 Å². The predicted octanol–water partition coefficient (Wildman–Crippen LogP) is 1.95. The molecule has 0 radical (unpaired) electrons. The summed E-state index contributed by atoms with van der Waals surface area (Å²) in [5.74, 6) is 0.280. The summed E-state index contributed by atoms with van der Waals surface area (Å²) in [6, 6.07) is 11.1. The van der Waals surface area contributed by atoms with Gasteiger partial charge in [-0.05, 0) is 19.3 Å². The summed E-state index contributed by atoms with van der Waals surface area (Å²) in [5.41, 5.74) is 0.342. The molecule has 2 N–H and O–H groups in total. The predicted molar refractivity (Wildman–Crippen MR) is 99.1 cm³/mol. The molecule has 146 valence electrons. The lowest BCUT2D eigenvalue weighted by Crippen LogP contribution is -2.55. The Morgan fingerprint density at radius 3 is 2.89 bits per heavy atom. The van der Waals surface area contributed by atoms with Gasteiger partial charge in [0.15, 0.2) is 11.5 Å². The smallest absolute Gasteiger partial charge is 0.276 e. The van der Waals surface area contributed by atoms with Crippen molar-refractivity contribution in [2.24, 2.45) is 5.41 Å². The lowest BCUT2D eigenvalue weighted by Gasteiger charge is -2.45. The molecule has 1 saturated heterocycles. The number of aliphatic hydroxyl groups is 2. The third-order valence-corrected chi connectivity index (χ3v) is 5.30. The second kappa shape index (κ2) is 8.65. The van der Waals surface area contributed by atoms with E-state index in [4.69, 9.17) is 9.26 Å². The number of hydrogen-bond acceptors (Lipinski definition) is 6. The summed E-state index contributed by atoms with van der Waals surface area (Å²) < 4.78 is 10.4. The van der Waals surface area contributed by atoms with Crippen LogP contribution in [-0.4, -0.2) is 65.7 Å². The van der Waals surface area contributed by atoms with Gasteiger partial charge >= 0.3 is 0 Å². The summed E-state index contributed by atoms with van der Waals surface area (Å²) >= 11 is 0. The number of methoxy groups -OCH3 is 1. The standard InChI is InChI=1S/C20H26N2O5/c1-26-11-5-9-20(14-23)13-22(10-8-18(20)24)19(25)16-12-17(27-21-16)15-6-3-2-4-7-15/h2-4,6-7,12,18,23-24H,5,8-11,13-14H2,1H3/t18-,20+/m1/s1. The van der Waals surface area contributed by atoms with Crippen LogP contribution in [0.15, 0.2) is 40.9 Å². The van der Waals surface area contributed by atoms with Crippen molar-refractivity contribution >= 4 is 5.91 Å². The van der Waals surface area contributed by atoms with Gasteiger partial charge in [-0.15, -0.1) is 0 Å². The zero-order valence-electron chi connectivity index (χ0n) is 15.5. The second-order valence-electron chi connectivity index (χ2n) is 7.09. The fourth-order valence-electron chi connectivity index (χ4n) is 3.65. The zero-order chi connectivity index (χ0) is 19.3. The average molecular weight is 374 g/mol. The molecule has 2 atom stereocenters. The van der Waals surface area contributed by atoms with Crippen LogP contribution in [0.3, 0.4) is 0 Å². The van der Waals surface area contributed by atoms with E-state index in [1.165, 1.54) is 0 Å². The monoisotopic (exact) mass is 374 g/mol. The second-order valence-corrected chi connectivity index (χ2v) is 7.09. The van der Waals surface area contributed by atoms with Gasteiger partial charge in [-0.25, -0.2) is 0 Å². The number of likely N-dealkylation sites (tertiary alicyclic amines) is 1. The molecule has 1 aromatic carbocycles. The topological polar surface area (TPSA) is 96.0 Å². The lowest BCUT2D eigenvalue weighted by molar-refractivity contribution is -0.0746. The Kier molecular flexibility index (Phi) is 6.26. The maximum Gasteiger partial charge on any atom is 0.276 e. The fourth-order valence-corrected chi connectivity index (χ4v) is 3.65. The Morgan fingerprint density at radius 2 is 2.19 bits per heavy atom. The normalized spacial score (nSPS) is 22.8. The van der Waals surface area contributed by atoms with Gasteiger partial charge in [0.05, 0.1) is 12.7 Å². The Balaban J connectivity index is 1.74. The minimum Gasteiger partial charge on any atom is -0.396 e. The summed E-state index contributed by atoms with van der Waals surface area (Å²) in [6.07, 6.45) is 1.05. The first-order valence-corrected chi connectivity index (χ1v) is 9.19. The van der Waals surface area contributed by atoms with Crippen molar-refractivity contribution < 1.29 is 24.3 Å². The summed E-state index contributed by atoms with van der Waals surface area (Å²) in [4.78, 5) is 14.5. The highest BCUT2D eigenvalue weighted by atomic mass is 16.5.